The van der Waals surface area contributed by atoms with E-state index >= 15 is 9.18 Å². The number of halogens is 1. The third-order valence-electron chi connectivity index (χ3n) is 15.2. The fourth-order valence-corrected chi connectivity index (χ4v) is 11.4. The van der Waals surface area contributed by atoms with Gasteiger partial charge < -0.3 is 14.2 Å². The second-order valence-corrected chi connectivity index (χ2v) is 18.9. The molecule has 1 amide bonds. The molecule has 8 heterocycles. The van der Waals surface area contributed by atoms with Gasteiger partial charge in [0.15, 0.2) is 17.3 Å². The van der Waals surface area contributed by atoms with E-state index in [9.17, 15) is 9.59 Å². The number of ether oxygens (including phenoxy) is 1. The Morgan fingerprint density at radius 1 is 0.956 bits per heavy atom. The number of carbonyl (C=O) groups is 1. The lowest BCUT2D eigenvalue weighted by Gasteiger charge is -2.34. The van der Waals surface area contributed by atoms with E-state index in [1.807, 2.05) is 58.7 Å². The SMILES string of the molecule is CC.Cc1ccc(-n2nc3c(c2-n2ccn(-c4ccc5c(cnn5C5CC5)c4F)c2=O)[C@H](C)N(C(=O)c2cc4nc(C5CCOCC5)cnc4n2[C@@]2(c4noc(=O)[nH]4)C[C@@H]2C)CC3)c2c1CCC2.[HH]. The summed E-state index contributed by atoms with van der Waals surface area (Å²) in [7, 11) is 0. The van der Waals surface area contributed by atoms with E-state index in [2.05, 4.69) is 34.3 Å². The van der Waals surface area contributed by atoms with Crippen LogP contribution in [-0.4, -0.2) is 83.9 Å². The third kappa shape index (κ3) is 6.28. The molecule has 18 heteroatoms. The van der Waals surface area contributed by atoms with Crippen molar-refractivity contribution in [2.75, 3.05) is 19.8 Å². The lowest BCUT2D eigenvalue weighted by molar-refractivity contribution is 0.0663. The Hall–Kier alpha value is -6.95. The van der Waals surface area contributed by atoms with Gasteiger partial charge in [-0.3, -0.25) is 28.1 Å². The predicted molar refractivity (Wildman–Crippen MR) is 252 cm³/mol. The van der Waals surface area contributed by atoms with E-state index in [1.165, 1.54) is 21.3 Å². The highest BCUT2D eigenvalue weighted by Crippen LogP contribution is 2.56. The average Bonchev–Trinajstić information content (AvgIpc) is 3.77. The number of H-pyrrole nitrogens is 1. The van der Waals surface area contributed by atoms with Crippen molar-refractivity contribution in [1.82, 2.24) is 58.3 Å². The number of hydrogen-bond donors (Lipinski definition) is 1. The lowest BCUT2D eigenvalue weighted by atomic mass is 9.97. The first-order chi connectivity index (χ1) is 33.1. The zero-order chi connectivity index (χ0) is 46.7. The molecular weight excluding hydrogens is 868 g/mol. The van der Waals surface area contributed by atoms with E-state index in [0.29, 0.717) is 72.0 Å². The molecule has 68 heavy (non-hydrogen) atoms. The maximum Gasteiger partial charge on any atom is 0.438 e. The number of rotatable bonds is 8. The topological polar surface area (TPSA) is 182 Å². The van der Waals surface area contributed by atoms with Gasteiger partial charge in [-0.25, -0.2) is 28.6 Å². The second kappa shape index (κ2) is 15.8. The first-order valence-electron chi connectivity index (χ1n) is 24.1. The normalized spacial score (nSPS) is 21.3. The molecule has 8 aromatic rings. The maximum atomic E-state index is 16.5. The zero-order valence-corrected chi connectivity index (χ0v) is 38.8. The molecule has 2 aromatic carbocycles. The lowest BCUT2D eigenvalue weighted by Crippen LogP contribution is -2.41. The van der Waals surface area contributed by atoms with E-state index in [0.717, 1.165) is 67.6 Å². The van der Waals surface area contributed by atoms with Crippen LogP contribution in [0.4, 0.5) is 4.39 Å². The minimum Gasteiger partial charge on any atom is -0.381 e. The predicted octanol–water partition coefficient (Wildman–Crippen LogP) is 7.56. The number of amides is 1. The molecule has 1 saturated heterocycles. The quantitative estimate of drug-likeness (QED) is 0.160. The summed E-state index contributed by atoms with van der Waals surface area (Å²) in [6.45, 7) is 11.8. The fraction of sp³-hybridized carbons (Fsp3) is 0.440. The summed E-state index contributed by atoms with van der Waals surface area (Å²) in [5, 5.41) is 14.3. The summed E-state index contributed by atoms with van der Waals surface area (Å²) < 4.78 is 35.7. The number of benzene rings is 2. The Morgan fingerprint density at radius 3 is 2.47 bits per heavy atom. The summed E-state index contributed by atoms with van der Waals surface area (Å²) >= 11 is 0. The van der Waals surface area contributed by atoms with Crippen molar-refractivity contribution in [3.05, 3.63) is 127 Å². The summed E-state index contributed by atoms with van der Waals surface area (Å²) in [4.78, 5) is 57.6. The van der Waals surface area contributed by atoms with Gasteiger partial charge in [0.25, 0.3) is 5.91 Å². The number of aromatic nitrogens is 11. The summed E-state index contributed by atoms with van der Waals surface area (Å²) in [6.07, 6.45) is 14.1. The van der Waals surface area contributed by atoms with Crippen LogP contribution in [0.1, 0.15) is 136 Å². The first-order valence-corrected chi connectivity index (χ1v) is 24.1. The number of aryl methyl sites for hydroxylation is 1. The molecule has 2 aliphatic heterocycles. The molecule has 5 aliphatic rings. The smallest absolute Gasteiger partial charge is 0.381 e. The van der Waals surface area contributed by atoms with E-state index < -0.39 is 28.8 Å². The molecule has 3 fully saturated rings. The van der Waals surface area contributed by atoms with Crippen LogP contribution in [0.15, 0.2) is 69.2 Å². The van der Waals surface area contributed by atoms with Crippen LogP contribution in [0.3, 0.4) is 0 Å². The van der Waals surface area contributed by atoms with Crippen LogP contribution in [-0.2, 0) is 29.5 Å². The zero-order valence-electron chi connectivity index (χ0n) is 38.8. The van der Waals surface area contributed by atoms with Gasteiger partial charge in [-0.05, 0) is 112 Å². The Morgan fingerprint density at radius 2 is 1.72 bits per heavy atom. The minimum atomic E-state index is -0.912. The van der Waals surface area contributed by atoms with Crippen LogP contribution in [0.2, 0.25) is 0 Å². The number of imidazole rings is 1. The van der Waals surface area contributed by atoms with Crippen LogP contribution in [0.25, 0.3) is 39.3 Å². The molecule has 0 radical (unpaired) electrons. The monoisotopic (exact) mass is 922 g/mol. The van der Waals surface area contributed by atoms with Crippen LogP contribution in [0, 0.1) is 18.7 Å². The molecule has 3 aliphatic carbocycles. The molecule has 2 saturated carbocycles. The molecule has 0 spiro atoms. The van der Waals surface area contributed by atoms with Crippen molar-refractivity contribution in [1.29, 1.82) is 0 Å². The highest BCUT2D eigenvalue weighted by atomic mass is 19.1. The highest BCUT2D eigenvalue weighted by Gasteiger charge is 2.59. The van der Waals surface area contributed by atoms with Crippen molar-refractivity contribution in [3.63, 3.8) is 0 Å². The van der Waals surface area contributed by atoms with Gasteiger partial charge in [-0.2, -0.15) is 10.2 Å². The van der Waals surface area contributed by atoms with Gasteiger partial charge >= 0.3 is 11.4 Å². The maximum absolute atomic E-state index is 16.5. The van der Waals surface area contributed by atoms with Gasteiger partial charge in [-0.15, -0.1) is 0 Å². The van der Waals surface area contributed by atoms with Crippen molar-refractivity contribution in [2.45, 2.75) is 116 Å². The van der Waals surface area contributed by atoms with Crippen molar-refractivity contribution >= 4 is 28.0 Å². The Balaban J connectivity index is 0.00000171. The van der Waals surface area contributed by atoms with Crippen molar-refractivity contribution < 1.29 is 19.9 Å². The highest BCUT2D eigenvalue weighted by molar-refractivity contribution is 5.98. The van der Waals surface area contributed by atoms with Crippen molar-refractivity contribution in [2.24, 2.45) is 5.92 Å². The summed E-state index contributed by atoms with van der Waals surface area (Å²) in [5.74, 6) is -0.510. The molecule has 17 nitrogen and oxygen atoms in total. The van der Waals surface area contributed by atoms with E-state index in [-0.39, 0.29) is 30.9 Å². The van der Waals surface area contributed by atoms with Gasteiger partial charge in [0, 0.05) is 51.5 Å². The number of hydrogen-bond acceptors (Lipinski definition) is 10. The van der Waals surface area contributed by atoms with Gasteiger partial charge in [-0.1, -0.05) is 32.0 Å². The van der Waals surface area contributed by atoms with Gasteiger partial charge in [0.1, 0.15) is 22.6 Å². The van der Waals surface area contributed by atoms with Crippen LogP contribution >= 0.6 is 0 Å². The third-order valence-corrected chi connectivity index (χ3v) is 15.2. The molecule has 0 bridgehead atoms. The van der Waals surface area contributed by atoms with Crippen molar-refractivity contribution in [3.8, 4) is 17.2 Å². The Labute approximate surface area is 391 Å². The number of nitrogens with one attached hydrogen (secondary N) is 1. The van der Waals surface area contributed by atoms with E-state index in [4.69, 9.17) is 24.3 Å². The number of nitrogens with zero attached hydrogens (tertiary/aromatic N) is 11. The standard InChI is InChI=1S/C48H47FN12O5.C2H6.H2/c1-25-7-10-36(31-6-4-5-30(25)31)61-43(58-18-17-57(47(58)64)38-12-11-37-32(41(38)49)23-51-60(37)29-8-9-29)40-27(3)56(16-13-33(40)54-61)44(62)39-21-34-42(50-24-35(52-34)28-14-19-65-20-15-28)59(39)48(22-26(48)2)45-53-46(63)66-55-45;1-2;/h7,10-12,17-18,21,23-24,26-29H,4-6,8-9,13-16,19-20,22H2,1-3H3,(H,53,55,63);1-2H3;1H/t26-,27-,48-;;/m0../s1. The summed E-state index contributed by atoms with van der Waals surface area (Å²) in [6, 6.07) is 9.15. The molecule has 0 unspecified atom stereocenters. The Kier molecular flexibility index (Phi) is 9.87. The Bertz CT molecular complexity index is 3460. The molecule has 352 valence electrons. The molecular formula is C50H55FN12O5. The fourth-order valence-electron chi connectivity index (χ4n) is 11.4. The number of aromatic amines is 1. The average molecular weight is 923 g/mol. The van der Waals surface area contributed by atoms with Gasteiger partial charge in [0.05, 0.1) is 58.1 Å². The summed E-state index contributed by atoms with van der Waals surface area (Å²) in [5.41, 5.74) is 7.76. The first kappa shape index (κ1) is 42.4. The molecule has 3 atom stereocenters. The largest absolute Gasteiger partial charge is 0.438 e. The van der Waals surface area contributed by atoms with Gasteiger partial charge in [0.2, 0.25) is 0 Å². The second-order valence-electron chi connectivity index (χ2n) is 18.9. The number of fused-ring (bicyclic) bond motifs is 4. The molecule has 6 aromatic heterocycles. The van der Waals surface area contributed by atoms with Crippen LogP contribution in [0.5, 0.6) is 0 Å². The number of carbonyl (C=O) groups excluding carboxylic acids is 1. The molecule has 13 rings (SSSR count). The van der Waals surface area contributed by atoms with E-state index in [1.54, 1.807) is 35.4 Å². The minimum absolute atomic E-state index is 0. The molecule has 1 N–H and O–H groups in total. The van der Waals surface area contributed by atoms with Crippen LogP contribution < -0.4 is 11.4 Å².